The van der Waals surface area contributed by atoms with Crippen molar-refractivity contribution in [3.63, 3.8) is 0 Å². The van der Waals surface area contributed by atoms with Crippen molar-refractivity contribution < 1.29 is 9.32 Å². The number of rotatable bonds is 6. The van der Waals surface area contributed by atoms with E-state index in [9.17, 15) is 4.79 Å². The Hall–Kier alpha value is -1.07. The molecule has 0 atom stereocenters. The molecule has 1 aliphatic heterocycles. The van der Waals surface area contributed by atoms with E-state index >= 15 is 0 Å². The molecule has 1 aromatic heterocycles. The molecule has 2 heterocycles. The Labute approximate surface area is 131 Å². The van der Waals surface area contributed by atoms with Gasteiger partial charge in [-0.05, 0) is 57.3 Å². The Morgan fingerprint density at radius 1 is 1.48 bits per heavy atom. The molecule has 1 fully saturated rings. The van der Waals surface area contributed by atoms with Crippen LogP contribution in [0.2, 0.25) is 5.22 Å². The van der Waals surface area contributed by atoms with Gasteiger partial charge >= 0.3 is 0 Å². The average Bonchev–Trinajstić information content (AvgIpc) is 2.82. The lowest BCUT2D eigenvalue weighted by Crippen LogP contribution is -2.46. The molecule has 0 unspecified atom stereocenters. The predicted molar refractivity (Wildman–Crippen MR) is 82.5 cm³/mol. The molecule has 21 heavy (non-hydrogen) atoms. The van der Waals surface area contributed by atoms with E-state index in [4.69, 9.17) is 16.1 Å². The van der Waals surface area contributed by atoms with Gasteiger partial charge in [0.15, 0.2) is 0 Å². The van der Waals surface area contributed by atoms with Crippen LogP contribution >= 0.6 is 11.6 Å². The summed E-state index contributed by atoms with van der Waals surface area (Å²) in [6, 6.07) is 0.373. The number of amides is 1. The minimum atomic E-state index is 0.209. The first-order valence-electron chi connectivity index (χ1n) is 7.74. The summed E-state index contributed by atoms with van der Waals surface area (Å²) in [4.78, 5) is 14.6. The van der Waals surface area contributed by atoms with Gasteiger partial charge in [-0.3, -0.25) is 4.79 Å². The van der Waals surface area contributed by atoms with Gasteiger partial charge in [0, 0.05) is 24.6 Å². The predicted octanol–water partition coefficient (Wildman–Crippen LogP) is 2.56. The topological polar surface area (TPSA) is 58.4 Å². The van der Waals surface area contributed by atoms with E-state index in [1.165, 1.54) is 0 Å². The Kier molecular flexibility index (Phi) is 6.06. The van der Waals surface area contributed by atoms with Gasteiger partial charge in [-0.25, -0.2) is 0 Å². The van der Waals surface area contributed by atoms with Gasteiger partial charge < -0.3 is 14.7 Å². The number of hydrogen-bond acceptors (Lipinski definition) is 4. The molecule has 0 bridgehead atoms. The normalized spacial score (nSPS) is 16.1. The summed E-state index contributed by atoms with van der Waals surface area (Å²) < 4.78 is 4.93. The maximum Gasteiger partial charge on any atom is 0.229 e. The van der Waals surface area contributed by atoms with Crippen LogP contribution in [-0.2, 0) is 11.2 Å². The zero-order valence-electron chi connectivity index (χ0n) is 12.8. The molecule has 118 valence electrons. The van der Waals surface area contributed by atoms with E-state index < -0.39 is 0 Å². The summed E-state index contributed by atoms with van der Waals surface area (Å²) in [5.41, 5.74) is 1.63. The van der Waals surface area contributed by atoms with E-state index in [1.807, 2.05) is 6.92 Å². The summed E-state index contributed by atoms with van der Waals surface area (Å²) >= 11 is 5.96. The number of carbonyl (C=O) groups excluding carboxylic acids is 1. The smallest absolute Gasteiger partial charge is 0.229 e. The molecule has 0 aliphatic carbocycles. The molecule has 2 rings (SSSR count). The molecule has 0 radical (unpaired) electrons. The van der Waals surface area contributed by atoms with Crippen molar-refractivity contribution in [3.8, 4) is 0 Å². The van der Waals surface area contributed by atoms with Crippen molar-refractivity contribution in [2.45, 2.75) is 52.0 Å². The molecule has 0 saturated carbocycles. The van der Waals surface area contributed by atoms with E-state index in [1.54, 1.807) is 0 Å². The largest absolute Gasteiger partial charge is 0.344 e. The standard InChI is InChI=1S/C15H24ClN3O2/c1-3-10-19(12-6-8-17-9-7-12)14(20)5-4-13-11(2)18-21-15(13)16/h12,17H,3-10H2,1-2H3. The molecule has 1 aromatic rings. The number of aromatic nitrogens is 1. The lowest BCUT2D eigenvalue weighted by atomic mass is 10.0. The van der Waals surface area contributed by atoms with Crippen molar-refractivity contribution in [1.82, 2.24) is 15.4 Å². The van der Waals surface area contributed by atoms with Crippen LogP contribution in [0.25, 0.3) is 0 Å². The number of halogens is 1. The van der Waals surface area contributed by atoms with Crippen LogP contribution < -0.4 is 5.32 Å². The Morgan fingerprint density at radius 3 is 2.76 bits per heavy atom. The number of hydrogen-bond donors (Lipinski definition) is 1. The third-order valence-electron chi connectivity index (χ3n) is 4.06. The fraction of sp³-hybridized carbons (Fsp3) is 0.733. The summed E-state index contributed by atoms with van der Waals surface area (Å²) in [6.07, 6.45) is 4.13. The monoisotopic (exact) mass is 313 g/mol. The summed E-state index contributed by atoms with van der Waals surface area (Å²) in [7, 11) is 0. The highest BCUT2D eigenvalue weighted by atomic mass is 35.5. The van der Waals surface area contributed by atoms with Crippen LogP contribution in [0, 0.1) is 6.92 Å². The van der Waals surface area contributed by atoms with Gasteiger partial charge in [-0.1, -0.05) is 12.1 Å². The zero-order valence-corrected chi connectivity index (χ0v) is 13.6. The molecule has 6 heteroatoms. The molecule has 0 spiro atoms. The van der Waals surface area contributed by atoms with Crippen molar-refractivity contribution >= 4 is 17.5 Å². The van der Waals surface area contributed by atoms with Crippen LogP contribution in [0.3, 0.4) is 0 Å². The molecular formula is C15H24ClN3O2. The summed E-state index contributed by atoms with van der Waals surface area (Å²) in [5.74, 6) is 0.209. The van der Waals surface area contributed by atoms with E-state index in [2.05, 4.69) is 22.3 Å². The number of nitrogens with one attached hydrogen (secondary N) is 1. The van der Waals surface area contributed by atoms with E-state index in [-0.39, 0.29) is 5.91 Å². The van der Waals surface area contributed by atoms with E-state index in [0.29, 0.717) is 24.1 Å². The van der Waals surface area contributed by atoms with Crippen molar-refractivity contribution in [1.29, 1.82) is 0 Å². The summed E-state index contributed by atoms with van der Waals surface area (Å²) in [5, 5.41) is 7.48. The van der Waals surface area contributed by atoms with Gasteiger partial charge in [-0.15, -0.1) is 0 Å². The Bertz CT molecular complexity index is 450. The first kappa shape index (κ1) is 16.3. The van der Waals surface area contributed by atoms with Crippen molar-refractivity contribution in [2.75, 3.05) is 19.6 Å². The SMILES string of the molecule is CCCN(C(=O)CCc1c(C)noc1Cl)C1CCNCC1. The maximum absolute atomic E-state index is 12.6. The van der Waals surface area contributed by atoms with Crippen molar-refractivity contribution in [3.05, 3.63) is 16.5 Å². The fourth-order valence-corrected chi connectivity index (χ4v) is 3.15. The second-order valence-corrected chi connectivity index (χ2v) is 5.93. The van der Waals surface area contributed by atoms with Crippen LogP contribution in [0.4, 0.5) is 0 Å². The van der Waals surface area contributed by atoms with Gasteiger partial charge in [0.2, 0.25) is 11.1 Å². The molecule has 5 nitrogen and oxygen atoms in total. The fourth-order valence-electron chi connectivity index (χ4n) is 2.89. The molecule has 1 N–H and O–H groups in total. The average molecular weight is 314 g/mol. The Balaban J connectivity index is 1.95. The van der Waals surface area contributed by atoms with E-state index in [0.717, 1.165) is 50.2 Å². The summed E-state index contributed by atoms with van der Waals surface area (Å²) in [6.45, 7) is 6.79. The zero-order chi connectivity index (χ0) is 15.2. The highest BCUT2D eigenvalue weighted by Gasteiger charge is 2.25. The van der Waals surface area contributed by atoms with Crippen LogP contribution in [-0.4, -0.2) is 41.6 Å². The van der Waals surface area contributed by atoms with Gasteiger partial charge in [-0.2, -0.15) is 0 Å². The lowest BCUT2D eigenvalue weighted by molar-refractivity contribution is -0.134. The van der Waals surface area contributed by atoms with Crippen LogP contribution in [0.1, 0.15) is 43.9 Å². The number of piperidine rings is 1. The first-order chi connectivity index (χ1) is 10.1. The molecule has 0 aromatic carbocycles. The molecule has 1 aliphatic rings. The third-order valence-corrected chi connectivity index (χ3v) is 4.36. The molecule has 1 saturated heterocycles. The quantitative estimate of drug-likeness (QED) is 0.877. The Morgan fingerprint density at radius 2 is 2.19 bits per heavy atom. The number of carbonyl (C=O) groups is 1. The minimum Gasteiger partial charge on any atom is -0.344 e. The van der Waals surface area contributed by atoms with Crippen LogP contribution in [0.15, 0.2) is 4.52 Å². The highest BCUT2D eigenvalue weighted by Crippen LogP contribution is 2.22. The molecule has 1 amide bonds. The number of nitrogens with zero attached hydrogens (tertiary/aromatic N) is 2. The van der Waals surface area contributed by atoms with Gasteiger partial charge in [0.1, 0.15) is 0 Å². The minimum absolute atomic E-state index is 0.209. The highest BCUT2D eigenvalue weighted by molar-refractivity contribution is 6.29. The second kappa shape index (κ2) is 7.80. The van der Waals surface area contributed by atoms with Gasteiger partial charge in [0.05, 0.1) is 5.69 Å². The maximum atomic E-state index is 12.6. The van der Waals surface area contributed by atoms with Crippen molar-refractivity contribution in [2.24, 2.45) is 0 Å². The lowest BCUT2D eigenvalue weighted by Gasteiger charge is -2.34. The number of aryl methyl sites for hydroxylation is 1. The van der Waals surface area contributed by atoms with Gasteiger partial charge in [0.25, 0.3) is 0 Å². The third kappa shape index (κ3) is 4.20. The first-order valence-corrected chi connectivity index (χ1v) is 8.12. The van der Waals surface area contributed by atoms with Crippen LogP contribution in [0.5, 0.6) is 0 Å². The second-order valence-electron chi connectivity index (χ2n) is 5.59. The molecular weight excluding hydrogens is 290 g/mol.